The first-order valence-electron chi connectivity index (χ1n) is 7.98. The molecule has 0 saturated carbocycles. The van der Waals surface area contributed by atoms with Crippen LogP contribution in [-0.2, 0) is 20.7 Å². The van der Waals surface area contributed by atoms with Crippen molar-refractivity contribution in [1.82, 2.24) is 5.32 Å². The number of benzene rings is 1. The summed E-state index contributed by atoms with van der Waals surface area (Å²) in [4.78, 5) is 23.8. The van der Waals surface area contributed by atoms with Crippen LogP contribution in [0.3, 0.4) is 0 Å². The van der Waals surface area contributed by atoms with Crippen molar-refractivity contribution in [2.24, 2.45) is 5.92 Å². The van der Waals surface area contributed by atoms with Gasteiger partial charge in [0.25, 0.3) is 0 Å². The third-order valence-corrected chi connectivity index (χ3v) is 3.71. The smallest absolute Gasteiger partial charge is 0.408 e. The standard InChI is InChI=1S/C18H25NO4/c1-12-10-15(22-16(12)20)14(11-13-8-6-5-7-9-13)19-17(21)23-18(2,3)4/h5-9,12,14-15H,10-11H2,1-4H3,(H,19,21)/t12-,14+,15-/m1/s1. The predicted molar refractivity (Wildman–Crippen MR) is 87.0 cm³/mol. The fraction of sp³-hybridized carbons (Fsp3) is 0.556. The molecule has 126 valence electrons. The Hall–Kier alpha value is -2.04. The molecule has 1 heterocycles. The molecule has 1 N–H and O–H groups in total. The highest BCUT2D eigenvalue weighted by Crippen LogP contribution is 2.25. The summed E-state index contributed by atoms with van der Waals surface area (Å²) in [6.07, 6.45) is 0.371. The van der Waals surface area contributed by atoms with Gasteiger partial charge in [-0.25, -0.2) is 4.79 Å². The largest absolute Gasteiger partial charge is 0.460 e. The molecule has 1 saturated heterocycles. The number of alkyl carbamates (subject to hydrolysis) is 1. The van der Waals surface area contributed by atoms with Gasteiger partial charge < -0.3 is 14.8 Å². The number of carbonyl (C=O) groups excluding carboxylic acids is 2. The molecule has 1 aliphatic heterocycles. The lowest BCUT2D eigenvalue weighted by Crippen LogP contribution is -2.46. The molecule has 5 heteroatoms. The molecule has 0 spiro atoms. The lowest BCUT2D eigenvalue weighted by atomic mass is 9.97. The first-order valence-corrected chi connectivity index (χ1v) is 7.98. The van der Waals surface area contributed by atoms with Gasteiger partial charge in [-0.2, -0.15) is 0 Å². The van der Waals surface area contributed by atoms with Crippen molar-refractivity contribution in [2.45, 2.75) is 58.3 Å². The number of ether oxygens (including phenoxy) is 2. The van der Waals surface area contributed by atoms with Crippen LogP contribution in [-0.4, -0.2) is 29.8 Å². The van der Waals surface area contributed by atoms with Crippen molar-refractivity contribution in [3.63, 3.8) is 0 Å². The topological polar surface area (TPSA) is 64.6 Å². The molecule has 23 heavy (non-hydrogen) atoms. The first kappa shape index (κ1) is 17.3. The summed E-state index contributed by atoms with van der Waals surface area (Å²) >= 11 is 0. The van der Waals surface area contributed by atoms with E-state index in [1.165, 1.54) is 0 Å². The Morgan fingerprint density at radius 1 is 1.35 bits per heavy atom. The molecule has 1 aromatic rings. The van der Waals surface area contributed by atoms with Gasteiger partial charge in [0, 0.05) is 0 Å². The van der Waals surface area contributed by atoms with E-state index in [0.29, 0.717) is 12.8 Å². The first-order chi connectivity index (χ1) is 10.7. The monoisotopic (exact) mass is 319 g/mol. The van der Waals surface area contributed by atoms with E-state index in [-0.39, 0.29) is 24.0 Å². The van der Waals surface area contributed by atoms with Gasteiger partial charge in [-0.3, -0.25) is 4.79 Å². The number of cyclic esters (lactones) is 1. The van der Waals surface area contributed by atoms with Crippen LogP contribution in [0.25, 0.3) is 0 Å². The quantitative estimate of drug-likeness (QED) is 0.866. The van der Waals surface area contributed by atoms with Gasteiger partial charge in [-0.05, 0) is 39.2 Å². The molecule has 0 unspecified atom stereocenters. The Labute approximate surface area is 137 Å². The third-order valence-electron chi connectivity index (χ3n) is 3.71. The number of esters is 1. The van der Waals surface area contributed by atoms with Crippen LogP contribution in [0, 0.1) is 5.92 Å². The van der Waals surface area contributed by atoms with E-state index in [4.69, 9.17) is 9.47 Å². The molecule has 1 amide bonds. The van der Waals surface area contributed by atoms with E-state index in [9.17, 15) is 9.59 Å². The maximum Gasteiger partial charge on any atom is 0.408 e. The Morgan fingerprint density at radius 3 is 2.52 bits per heavy atom. The van der Waals surface area contributed by atoms with E-state index < -0.39 is 11.7 Å². The fourth-order valence-electron chi connectivity index (χ4n) is 2.61. The van der Waals surface area contributed by atoms with Crippen LogP contribution in [0.4, 0.5) is 4.79 Å². The molecule has 2 rings (SSSR count). The molecule has 0 aromatic heterocycles. The van der Waals surface area contributed by atoms with Crippen molar-refractivity contribution in [3.8, 4) is 0 Å². The molecule has 1 aliphatic rings. The highest BCUT2D eigenvalue weighted by molar-refractivity contribution is 5.74. The van der Waals surface area contributed by atoms with Crippen molar-refractivity contribution >= 4 is 12.1 Å². The molecule has 0 aliphatic carbocycles. The maximum absolute atomic E-state index is 12.1. The lowest BCUT2D eigenvalue weighted by molar-refractivity contribution is -0.144. The van der Waals surface area contributed by atoms with E-state index in [1.54, 1.807) is 0 Å². The lowest BCUT2D eigenvalue weighted by Gasteiger charge is -2.26. The summed E-state index contributed by atoms with van der Waals surface area (Å²) < 4.78 is 10.8. The molecular formula is C18H25NO4. The second kappa shape index (κ2) is 7.02. The Balaban J connectivity index is 2.08. The molecule has 1 fully saturated rings. The molecule has 3 atom stereocenters. The van der Waals surface area contributed by atoms with Gasteiger partial charge in [-0.1, -0.05) is 37.3 Å². The zero-order valence-electron chi connectivity index (χ0n) is 14.2. The normalized spacial score (nSPS) is 22.3. The number of hydrogen-bond acceptors (Lipinski definition) is 4. The molecule has 5 nitrogen and oxygen atoms in total. The molecular weight excluding hydrogens is 294 g/mol. The molecule has 0 bridgehead atoms. The Kier molecular flexibility index (Phi) is 5.29. The van der Waals surface area contributed by atoms with Crippen LogP contribution < -0.4 is 5.32 Å². The average molecular weight is 319 g/mol. The van der Waals surface area contributed by atoms with Crippen molar-refractivity contribution in [2.75, 3.05) is 0 Å². The minimum atomic E-state index is -0.568. The summed E-state index contributed by atoms with van der Waals surface area (Å²) in [5.41, 5.74) is 0.505. The van der Waals surface area contributed by atoms with Crippen LogP contribution >= 0.6 is 0 Å². The SMILES string of the molecule is C[C@@H]1C[C@H]([C@H](Cc2ccccc2)NC(=O)OC(C)(C)C)OC1=O. The maximum atomic E-state index is 12.1. The number of rotatable bonds is 4. The molecule has 0 radical (unpaired) electrons. The second-order valence-electron chi connectivity index (χ2n) is 7.05. The number of carbonyl (C=O) groups is 2. The number of nitrogens with one attached hydrogen (secondary N) is 1. The Bertz CT molecular complexity index is 550. The summed E-state index contributed by atoms with van der Waals surface area (Å²) in [5.74, 6) is -0.349. The zero-order chi connectivity index (χ0) is 17.0. The van der Waals surface area contributed by atoms with Crippen molar-refractivity contribution in [1.29, 1.82) is 0 Å². The third kappa shape index (κ3) is 5.27. The summed E-state index contributed by atoms with van der Waals surface area (Å²) in [6.45, 7) is 7.29. The van der Waals surface area contributed by atoms with Gasteiger partial charge in [-0.15, -0.1) is 0 Å². The van der Waals surface area contributed by atoms with E-state index >= 15 is 0 Å². The summed E-state index contributed by atoms with van der Waals surface area (Å²) in [6, 6.07) is 9.51. The van der Waals surface area contributed by atoms with Crippen LogP contribution in [0.2, 0.25) is 0 Å². The highest BCUT2D eigenvalue weighted by Gasteiger charge is 2.37. The van der Waals surface area contributed by atoms with E-state index in [1.807, 2.05) is 58.0 Å². The van der Waals surface area contributed by atoms with Crippen LogP contribution in [0.5, 0.6) is 0 Å². The second-order valence-corrected chi connectivity index (χ2v) is 7.05. The van der Waals surface area contributed by atoms with Gasteiger partial charge in [0.05, 0.1) is 12.0 Å². The number of hydrogen-bond donors (Lipinski definition) is 1. The predicted octanol–water partition coefficient (Wildman–Crippen LogP) is 3.07. The molecule has 1 aromatic carbocycles. The van der Waals surface area contributed by atoms with Gasteiger partial charge >= 0.3 is 12.1 Å². The minimum absolute atomic E-state index is 0.140. The summed E-state index contributed by atoms with van der Waals surface area (Å²) in [7, 11) is 0. The van der Waals surface area contributed by atoms with Gasteiger partial charge in [0.2, 0.25) is 0 Å². The van der Waals surface area contributed by atoms with Crippen molar-refractivity contribution < 1.29 is 19.1 Å². The fourth-order valence-corrected chi connectivity index (χ4v) is 2.61. The average Bonchev–Trinajstić information content (AvgIpc) is 2.77. The van der Waals surface area contributed by atoms with E-state index in [2.05, 4.69) is 5.32 Å². The highest BCUT2D eigenvalue weighted by atomic mass is 16.6. The minimum Gasteiger partial charge on any atom is -0.460 e. The van der Waals surface area contributed by atoms with Gasteiger partial charge in [0.1, 0.15) is 11.7 Å². The zero-order valence-corrected chi connectivity index (χ0v) is 14.2. The van der Waals surface area contributed by atoms with Gasteiger partial charge in [0.15, 0.2) is 0 Å². The van der Waals surface area contributed by atoms with Crippen LogP contribution in [0.1, 0.15) is 39.7 Å². The Morgan fingerprint density at radius 2 is 2.00 bits per heavy atom. The van der Waals surface area contributed by atoms with E-state index in [0.717, 1.165) is 5.56 Å². The number of amides is 1. The van der Waals surface area contributed by atoms with Crippen LogP contribution in [0.15, 0.2) is 30.3 Å². The summed E-state index contributed by atoms with van der Waals surface area (Å²) in [5, 5.41) is 2.87. The van der Waals surface area contributed by atoms with Crippen molar-refractivity contribution in [3.05, 3.63) is 35.9 Å².